The van der Waals surface area contributed by atoms with Gasteiger partial charge in [-0.3, -0.25) is 4.79 Å². The molecule has 1 atom stereocenters. The van der Waals surface area contributed by atoms with Crippen molar-refractivity contribution in [3.63, 3.8) is 0 Å². The van der Waals surface area contributed by atoms with Crippen molar-refractivity contribution < 1.29 is 23.0 Å². The highest BCUT2D eigenvalue weighted by Gasteiger charge is 2.35. The van der Waals surface area contributed by atoms with Crippen LogP contribution in [0.3, 0.4) is 0 Å². The molecule has 5 rings (SSSR count). The number of rotatable bonds is 3. The molecule has 8 heteroatoms. The van der Waals surface area contributed by atoms with Gasteiger partial charge in [0.05, 0.1) is 18.9 Å². The molecule has 3 aliphatic rings. The lowest BCUT2D eigenvalue weighted by atomic mass is 9.97. The molecular formula is C21H23F2N3O3. The number of hydrogen-bond acceptors (Lipinski definition) is 4. The molecule has 1 aliphatic carbocycles. The first kappa shape index (κ1) is 18.7. The van der Waals surface area contributed by atoms with E-state index < -0.39 is 11.6 Å². The Morgan fingerprint density at radius 2 is 1.93 bits per heavy atom. The molecule has 29 heavy (non-hydrogen) atoms. The molecule has 0 saturated carbocycles. The second-order valence-electron chi connectivity index (χ2n) is 7.90. The van der Waals surface area contributed by atoms with Gasteiger partial charge in [0.15, 0.2) is 23.6 Å². The van der Waals surface area contributed by atoms with Gasteiger partial charge in [0.25, 0.3) is 5.91 Å². The largest absolute Gasteiger partial charge is 0.350 e. The van der Waals surface area contributed by atoms with Crippen LogP contribution in [0.4, 0.5) is 8.78 Å². The van der Waals surface area contributed by atoms with Gasteiger partial charge in [-0.05, 0) is 44.2 Å². The summed E-state index contributed by atoms with van der Waals surface area (Å²) in [5, 5.41) is 4.54. The van der Waals surface area contributed by atoms with Crippen LogP contribution >= 0.6 is 0 Å². The fourth-order valence-electron chi connectivity index (χ4n) is 4.65. The molecule has 1 unspecified atom stereocenters. The van der Waals surface area contributed by atoms with E-state index in [0.717, 1.165) is 55.5 Å². The molecule has 2 saturated heterocycles. The fraction of sp³-hybridized carbons (Fsp3) is 0.524. The third kappa shape index (κ3) is 3.34. The first-order valence-corrected chi connectivity index (χ1v) is 10.2. The minimum Gasteiger partial charge on any atom is -0.350 e. The Bertz CT molecular complexity index is 939. The molecule has 0 spiro atoms. The lowest BCUT2D eigenvalue weighted by Gasteiger charge is -2.34. The van der Waals surface area contributed by atoms with Crippen LogP contribution in [0.1, 0.15) is 41.0 Å². The molecule has 0 N–H and O–H groups in total. The number of carbonyl (C=O) groups excluding carboxylic acids is 1. The maximum absolute atomic E-state index is 13.7. The van der Waals surface area contributed by atoms with Gasteiger partial charge in [0.2, 0.25) is 0 Å². The third-order valence-electron chi connectivity index (χ3n) is 6.06. The Morgan fingerprint density at radius 3 is 2.72 bits per heavy atom. The summed E-state index contributed by atoms with van der Waals surface area (Å²) in [4.78, 5) is 15.1. The van der Waals surface area contributed by atoms with Gasteiger partial charge in [0.1, 0.15) is 0 Å². The van der Waals surface area contributed by atoms with Crippen molar-refractivity contribution in [1.29, 1.82) is 0 Å². The topological polar surface area (TPSA) is 56.6 Å². The molecule has 2 aromatic rings. The first-order valence-electron chi connectivity index (χ1n) is 10.2. The van der Waals surface area contributed by atoms with Crippen LogP contribution < -0.4 is 0 Å². The van der Waals surface area contributed by atoms with E-state index in [0.29, 0.717) is 37.7 Å². The zero-order valence-electron chi connectivity index (χ0n) is 16.1. The fourth-order valence-corrected chi connectivity index (χ4v) is 4.65. The first-order chi connectivity index (χ1) is 14.1. The van der Waals surface area contributed by atoms with E-state index in [1.807, 2.05) is 4.90 Å². The Labute approximate surface area is 167 Å². The van der Waals surface area contributed by atoms with Crippen molar-refractivity contribution in [3.05, 3.63) is 46.8 Å². The van der Waals surface area contributed by atoms with Gasteiger partial charge >= 0.3 is 0 Å². The summed E-state index contributed by atoms with van der Waals surface area (Å²) >= 11 is 0. The van der Waals surface area contributed by atoms with E-state index >= 15 is 0 Å². The summed E-state index contributed by atoms with van der Waals surface area (Å²) in [6.45, 7) is 2.45. The molecule has 1 aromatic carbocycles. The molecule has 2 fully saturated rings. The van der Waals surface area contributed by atoms with Crippen LogP contribution in [0, 0.1) is 17.6 Å². The van der Waals surface area contributed by atoms with Crippen molar-refractivity contribution in [1.82, 2.24) is 14.7 Å². The normalized spacial score (nSPS) is 22.3. The van der Waals surface area contributed by atoms with Gasteiger partial charge < -0.3 is 14.4 Å². The Hall–Kier alpha value is -2.32. The van der Waals surface area contributed by atoms with Crippen LogP contribution in [0.5, 0.6) is 0 Å². The summed E-state index contributed by atoms with van der Waals surface area (Å²) in [5.74, 6) is -1.76. The highest BCUT2D eigenvalue weighted by Crippen LogP contribution is 2.31. The van der Waals surface area contributed by atoms with Crippen molar-refractivity contribution in [2.75, 3.05) is 26.3 Å². The van der Waals surface area contributed by atoms with E-state index in [2.05, 4.69) is 5.10 Å². The van der Waals surface area contributed by atoms with E-state index in [1.54, 1.807) is 4.68 Å². The van der Waals surface area contributed by atoms with Gasteiger partial charge in [-0.15, -0.1) is 0 Å². The lowest BCUT2D eigenvalue weighted by molar-refractivity contribution is -0.0969. The molecule has 2 aliphatic heterocycles. The summed E-state index contributed by atoms with van der Waals surface area (Å²) in [5.41, 5.74) is 2.70. The maximum Gasteiger partial charge on any atom is 0.274 e. The SMILES string of the molecule is O=C(c1nn(-c2ccc(F)c(F)c2)c2c1CCC2)N1CCCC(C2OCCO2)C1. The number of likely N-dealkylation sites (tertiary alicyclic amines) is 1. The minimum atomic E-state index is -0.923. The van der Waals surface area contributed by atoms with Gasteiger partial charge in [-0.2, -0.15) is 5.10 Å². The van der Waals surface area contributed by atoms with E-state index in [4.69, 9.17) is 9.47 Å². The van der Waals surface area contributed by atoms with Crippen molar-refractivity contribution in [3.8, 4) is 5.69 Å². The molecular weight excluding hydrogens is 380 g/mol. The van der Waals surface area contributed by atoms with Crippen LogP contribution in [-0.2, 0) is 22.3 Å². The maximum atomic E-state index is 13.7. The second-order valence-corrected chi connectivity index (χ2v) is 7.90. The Morgan fingerprint density at radius 1 is 1.10 bits per heavy atom. The number of hydrogen-bond donors (Lipinski definition) is 0. The van der Waals surface area contributed by atoms with Gasteiger partial charge in [0, 0.05) is 36.3 Å². The third-order valence-corrected chi connectivity index (χ3v) is 6.06. The van der Waals surface area contributed by atoms with Gasteiger partial charge in [-0.1, -0.05) is 0 Å². The van der Waals surface area contributed by atoms with Crippen LogP contribution in [0.2, 0.25) is 0 Å². The Balaban J connectivity index is 1.43. The highest BCUT2D eigenvalue weighted by molar-refractivity contribution is 5.94. The van der Waals surface area contributed by atoms with Gasteiger partial charge in [-0.25, -0.2) is 13.5 Å². The van der Waals surface area contributed by atoms with Crippen LogP contribution in [0.25, 0.3) is 5.69 Å². The smallest absolute Gasteiger partial charge is 0.274 e. The van der Waals surface area contributed by atoms with Crippen molar-refractivity contribution in [2.45, 2.75) is 38.4 Å². The van der Waals surface area contributed by atoms with Crippen LogP contribution in [-0.4, -0.2) is 53.2 Å². The highest BCUT2D eigenvalue weighted by atomic mass is 19.2. The molecule has 1 aromatic heterocycles. The van der Waals surface area contributed by atoms with Crippen molar-refractivity contribution in [2.24, 2.45) is 5.92 Å². The lowest BCUT2D eigenvalue weighted by Crippen LogP contribution is -2.44. The minimum absolute atomic E-state index is 0.104. The standard InChI is InChI=1S/C21H23F2N3O3/c22-16-7-6-14(11-17(16)23)26-18-5-1-4-15(18)19(24-26)20(27)25-8-2-3-13(12-25)21-28-9-10-29-21/h6-7,11,13,21H,1-5,8-10,12H2. The number of halogens is 2. The Kier molecular flexibility index (Phi) is 4.83. The zero-order chi connectivity index (χ0) is 20.0. The monoisotopic (exact) mass is 403 g/mol. The summed E-state index contributed by atoms with van der Waals surface area (Å²) in [6, 6.07) is 3.71. The number of amides is 1. The molecule has 3 heterocycles. The number of carbonyl (C=O) groups is 1. The predicted molar refractivity (Wildman–Crippen MR) is 99.8 cm³/mol. The predicted octanol–water partition coefficient (Wildman–Crippen LogP) is 2.86. The molecule has 0 bridgehead atoms. The van der Waals surface area contributed by atoms with E-state index in [1.165, 1.54) is 6.07 Å². The molecule has 1 amide bonds. The average molecular weight is 403 g/mol. The summed E-state index contributed by atoms with van der Waals surface area (Å²) < 4.78 is 40.0. The summed E-state index contributed by atoms with van der Waals surface area (Å²) in [6.07, 6.45) is 4.08. The second kappa shape index (κ2) is 7.50. The summed E-state index contributed by atoms with van der Waals surface area (Å²) in [7, 11) is 0. The van der Waals surface area contributed by atoms with Crippen LogP contribution in [0.15, 0.2) is 18.2 Å². The number of nitrogens with zero attached hydrogens (tertiary/aromatic N) is 3. The number of piperidine rings is 1. The molecule has 6 nitrogen and oxygen atoms in total. The molecule has 0 radical (unpaired) electrons. The number of benzene rings is 1. The number of aromatic nitrogens is 2. The van der Waals surface area contributed by atoms with E-state index in [-0.39, 0.29) is 18.1 Å². The average Bonchev–Trinajstić information content (AvgIpc) is 3.48. The molecule has 154 valence electrons. The zero-order valence-corrected chi connectivity index (χ0v) is 16.1. The quantitative estimate of drug-likeness (QED) is 0.791. The van der Waals surface area contributed by atoms with E-state index in [9.17, 15) is 13.6 Å². The number of ether oxygens (including phenoxy) is 2. The number of fused-ring (bicyclic) bond motifs is 1. The van der Waals surface area contributed by atoms with Crippen molar-refractivity contribution >= 4 is 5.91 Å².